The van der Waals surface area contributed by atoms with Crippen LogP contribution in [0.25, 0.3) is 0 Å². The maximum atomic E-state index is 12.5. The first-order chi connectivity index (χ1) is 12.8. The van der Waals surface area contributed by atoms with Crippen LogP contribution in [0.2, 0.25) is 0 Å². The highest BCUT2D eigenvalue weighted by molar-refractivity contribution is 5.87. The monoisotopic (exact) mass is 380 g/mol. The smallest absolute Gasteiger partial charge is 0.329 e. The van der Waals surface area contributed by atoms with Gasteiger partial charge in [-0.15, -0.1) is 0 Å². The second kappa shape index (κ2) is 10.1. The molecule has 1 atom stereocenters. The lowest BCUT2D eigenvalue weighted by Gasteiger charge is -2.32. The van der Waals surface area contributed by atoms with Gasteiger partial charge in [0, 0.05) is 18.4 Å². The molecule has 0 aliphatic heterocycles. The minimum atomic E-state index is -1.20. The fourth-order valence-corrected chi connectivity index (χ4v) is 4.54. The van der Waals surface area contributed by atoms with Gasteiger partial charge in [0.25, 0.3) is 0 Å². The lowest BCUT2D eigenvalue weighted by molar-refractivity contribution is -0.148. The first-order valence-electron chi connectivity index (χ1n) is 10.7. The third-order valence-electron chi connectivity index (χ3n) is 6.28. The molecule has 0 radical (unpaired) electrons. The van der Waals surface area contributed by atoms with Crippen molar-refractivity contribution in [2.75, 3.05) is 0 Å². The highest BCUT2D eigenvalue weighted by Gasteiger charge is 2.37. The van der Waals surface area contributed by atoms with Crippen molar-refractivity contribution < 1.29 is 19.5 Å². The molecule has 0 heterocycles. The van der Waals surface area contributed by atoms with E-state index in [1.807, 2.05) is 6.92 Å². The van der Waals surface area contributed by atoms with E-state index in [9.17, 15) is 19.5 Å². The zero-order valence-corrected chi connectivity index (χ0v) is 16.9. The molecule has 0 aromatic carbocycles. The minimum Gasteiger partial charge on any atom is -0.480 e. The number of amides is 2. The first-order valence-corrected chi connectivity index (χ1v) is 10.7. The van der Waals surface area contributed by atoms with Crippen molar-refractivity contribution in [3.8, 4) is 0 Å². The molecular weight excluding hydrogens is 344 g/mol. The maximum absolute atomic E-state index is 12.5. The Hall–Kier alpha value is -1.59. The van der Waals surface area contributed by atoms with E-state index >= 15 is 0 Å². The van der Waals surface area contributed by atoms with Gasteiger partial charge in [0.1, 0.15) is 5.54 Å². The SMILES string of the molecule is CCCC(C)(NC(=O)C1CCC(NC(=O)CC2CCCCC2)CC1)C(=O)O. The molecule has 6 nitrogen and oxygen atoms in total. The van der Waals surface area contributed by atoms with Crippen molar-refractivity contribution in [3.05, 3.63) is 0 Å². The second-order valence-electron chi connectivity index (χ2n) is 8.70. The third kappa shape index (κ3) is 6.51. The van der Waals surface area contributed by atoms with Crippen molar-refractivity contribution in [2.45, 2.75) is 102 Å². The van der Waals surface area contributed by atoms with Crippen LogP contribution < -0.4 is 10.6 Å². The molecular formula is C21H36N2O4. The van der Waals surface area contributed by atoms with E-state index in [1.54, 1.807) is 6.92 Å². The van der Waals surface area contributed by atoms with Gasteiger partial charge in [-0.2, -0.15) is 0 Å². The molecule has 0 bridgehead atoms. The topological polar surface area (TPSA) is 95.5 Å². The van der Waals surface area contributed by atoms with E-state index in [2.05, 4.69) is 10.6 Å². The van der Waals surface area contributed by atoms with Gasteiger partial charge in [0.05, 0.1) is 0 Å². The highest BCUT2D eigenvalue weighted by atomic mass is 16.4. The van der Waals surface area contributed by atoms with E-state index in [4.69, 9.17) is 0 Å². The predicted molar refractivity (Wildman–Crippen MR) is 104 cm³/mol. The minimum absolute atomic E-state index is 0.145. The zero-order chi connectivity index (χ0) is 19.9. The van der Waals surface area contributed by atoms with Crippen molar-refractivity contribution in [1.82, 2.24) is 10.6 Å². The van der Waals surface area contributed by atoms with Gasteiger partial charge >= 0.3 is 5.97 Å². The molecule has 0 spiro atoms. The number of hydrogen-bond acceptors (Lipinski definition) is 3. The fraction of sp³-hybridized carbons (Fsp3) is 0.857. The van der Waals surface area contributed by atoms with Crippen LogP contribution in [-0.2, 0) is 14.4 Å². The van der Waals surface area contributed by atoms with Crippen LogP contribution in [0.3, 0.4) is 0 Å². The zero-order valence-electron chi connectivity index (χ0n) is 16.9. The van der Waals surface area contributed by atoms with Gasteiger partial charge in [-0.3, -0.25) is 9.59 Å². The molecule has 154 valence electrons. The molecule has 3 N–H and O–H groups in total. The van der Waals surface area contributed by atoms with Gasteiger partial charge in [0.15, 0.2) is 0 Å². The summed E-state index contributed by atoms with van der Waals surface area (Å²) >= 11 is 0. The van der Waals surface area contributed by atoms with E-state index < -0.39 is 11.5 Å². The predicted octanol–water partition coefficient (Wildman–Crippen LogP) is 3.39. The average molecular weight is 381 g/mol. The summed E-state index contributed by atoms with van der Waals surface area (Å²) in [6, 6.07) is 0.145. The molecule has 2 rings (SSSR count). The van der Waals surface area contributed by atoms with Crippen LogP contribution in [0.4, 0.5) is 0 Å². The normalized spacial score (nSPS) is 26.0. The average Bonchev–Trinajstić information content (AvgIpc) is 2.63. The number of carboxylic acids is 1. The molecule has 0 saturated heterocycles. The lowest BCUT2D eigenvalue weighted by Crippen LogP contribution is -2.54. The molecule has 27 heavy (non-hydrogen) atoms. The Bertz CT molecular complexity index is 522. The molecule has 2 saturated carbocycles. The summed E-state index contributed by atoms with van der Waals surface area (Å²) in [4.78, 5) is 36.3. The molecule has 2 fully saturated rings. The Morgan fingerprint density at radius 3 is 2.19 bits per heavy atom. The molecule has 2 aliphatic carbocycles. The first kappa shape index (κ1) is 21.7. The van der Waals surface area contributed by atoms with Crippen LogP contribution in [0.1, 0.15) is 90.9 Å². The van der Waals surface area contributed by atoms with E-state index in [0.717, 1.165) is 12.8 Å². The number of carbonyl (C=O) groups is 3. The Labute approximate surface area is 162 Å². The fourth-order valence-electron chi connectivity index (χ4n) is 4.54. The maximum Gasteiger partial charge on any atom is 0.329 e. The summed E-state index contributed by atoms with van der Waals surface area (Å²) in [6.07, 6.45) is 10.8. The number of aliphatic carboxylic acids is 1. The standard InChI is InChI=1S/C21H36N2O4/c1-3-13-21(2,20(26)27)23-19(25)16-9-11-17(12-10-16)22-18(24)14-15-7-5-4-6-8-15/h15-17H,3-14H2,1-2H3,(H,22,24)(H,23,25)(H,26,27). The quantitative estimate of drug-likeness (QED) is 0.601. The van der Waals surface area contributed by atoms with Crippen molar-refractivity contribution in [2.24, 2.45) is 11.8 Å². The summed E-state index contributed by atoms with van der Waals surface area (Å²) in [7, 11) is 0. The van der Waals surface area contributed by atoms with Gasteiger partial charge in [-0.05, 0) is 57.8 Å². The van der Waals surface area contributed by atoms with E-state index in [0.29, 0.717) is 38.0 Å². The van der Waals surface area contributed by atoms with Crippen LogP contribution in [0.5, 0.6) is 0 Å². The molecule has 2 amide bonds. The summed E-state index contributed by atoms with van der Waals surface area (Å²) in [5, 5.41) is 15.3. The number of nitrogens with one attached hydrogen (secondary N) is 2. The molecule has 6 heteroatoms. The molecule has 1 unspecified atom stereocenters. The highest BCUT2D eigenvalue weighted by Crippen LogP contribution is 2.28. The van der Waals surface area contributed by atoms with Gasteiger partial charge in [0.2, 0.25) is 11.8 Å². The molecule has 2 aliphatic rings. The number of rotatable bonds is 8. The van der Waals surface area contributed by atoms with Crippen molar-refractivity contribution in [1.29, 1.82) is 0 Å². The van der Waals surface area contributed by atoms with Crippen LogP contribution in [0.15, 0.2) is 0 Å². The largest absolute Gasteiger partial charge is 0.480 e. The Morgan fingerprint density at radius 1 is 1.00 bits per heavy atom. The molecule has 0 aromatic heterocycles. The van der Waals surface area contributed by atoms with Crippen LogP contribution in [0, 0.1) is 11.8 Å². The Morgan fingerprint density at radius 2 is 1.63 bits per heavy atom. The summed E-state index contributed by atoms with van der Waals surface area (Å²) in [5.41, 5.74) is -1.20. The van der Waals surface area contributed by atoms with E-state index in [-0.39, 0.29) is 23.8 Å². The Kier molecular flexibility index (Phi) is 8.11. The van der Waals surface area contributed by atoms with Gasteiger partial charge < -0.3 is 15.7 Å². The number of carboxylic acid groups (broad SMARTS) is 1. The van der Waals surface area contributed by atoms with Crippen molar-refractivity contribution >= 4 is 17.8 Å². The van der Waals surface area contributed by atoms with Crippen molar-refractivity contribution in [3.63, 3.8) is 0 Å². The number of carbonyl (C=O) groups excluding carboxylic acids is 2. The summed E-state index contributed by atoms with van der Waals surface area (Å²) < 4.78 is 0. The van der Waals surface area contributed by atoms with Gasteiger partial charge in [-0.25, -0.2) is 4.79 Å². The summed E-state index contributed by atoms with van der Waals surface area (Å²) in [6.45, 7) is 3.49. The molecule has 0 aromatic rings. The van der Waals surface area contributed by atoms with E-state index in [1.165, 1.54) is 32.1 Å². The number of hydrogen-bond donors (Lipinski definition) is 3. The lowest BCUT2D eigenvalue weighted by atomic mass is 9.83. The van der Waals surface area contributed by atoms with Crippen LogP contribution in [-0.4, -0.2) is 34.5 Å². The summed E-state index contributed by atoms with van der Waals surface area (Å²) in [5.74, 6) is -0.627. The van der Waals surface area contributed by atoms with Gasteiger partial charge in [-0.1, -0.05) is 32.6 Å². The third-order valence-corrected chi connectivity index (χ3v) is 6.28. The van der Waals surface area contributed by atoms with Crippen LogP contribution >= 0.6 is 0 Å². The second-order valence-corrected chi connectivity index (χ2v) is 8.70. The Balaban J connectivity index is 1.74.